The molecule has 3 aliphatic rings. The molecule has 0 saturated heterocycles. The van der Waals surface area contributed by atoms with E-state index in [2.05, 4.69) is 5.32 Å². The molecule has 1 fully saturated rings. The van der Waals surface area contributed by atoms with Gasteiger partial charge >= 0.3 is 11.9 Å². The molecule has 0 radical (unpaired) electrons. The highest BCUT2D eigenvalue weighted by molar-refractivity contribution is 6.12. The molecular weight excluding hydrogens is 430 g/mol. The van der Waals surface area contributed by atoms with Gasteiger partial charge in [-0.25, -0.2) is 4.79 Å². The van der Waals surface area contributed by atoms with Crippen molar-refractivity contribution in [2.45, 2.75) is 77.7 Å². The van der Waals surface area contributed by atoms with Crippen LogP contribution >= 0.6 is 0 Å². The highest BCUT2D eigenvalue weighted by Crippen LogP contribution is 2.46. The van der Waals surface area contributed by atoms with E-state index in [1.165, 1.54) is 20.0 Å². The molecule has 182 valence electrons. The molecule has 34 heavy (non-hydrogen) atoms. The van der Waals surface area contributed by atoms with Crippen LogP contribution in [0, 0.1) is 18.8 Å². The van der Waals surface area contributed by atoms with Gasteiger partial charge in [-0.3, -0.25) is 9.59 Å². The second-order valence-corrected chi connectivity index (χ2v) is 9.91. The van der Waals surface area contributed by atoms with Gasteiger partial charge in [0.15, 0.2) is 5.78 Å². The highest BCUT2D eigenvalue weighted by atomic mass is 16.5. The number of carbonyl (C=O) groups is 3. The number of carbonyl (C=O) groups excluding carboxylic acids is 3. The Morgan fingerprint density at radius 3 is 2.35 bits per heavy atom. The molecule has 1 aromatic rings. The first kappa shape index (κ1) is 24.2. The number of aryl methyl sites for hydroxylation is 1. The van der Waals surface area contributed by atoms with Gasteiger partial charge in [0.25, 0.3) is 0 Å². The molecule has 2 aliphatic carbocycles. The maximum atomic E-state index is 13.8. The number of methoxy groups -OCH3 is 1. The molecule has 0 aromatic heterocycles. The second kappa shape index (κ2) is 10.2. The van der Waals surface area contributed by atoms with Gasteiger partial charge in [-0.15, -0.1) is 0 Å². The lowest BCUT2D eigenvalue weighted by Crippen LogP contribution is -2.43. The van der Waals surface area contributed by atoms with Crippen molar-refractivity contribution in [2.24, 2.45) is 11.8 Å². The van der Waals surface area contributed by atoms with E-state index >= 15 is 0 Å². The minimum absolute atomic E-state index is 0.104. The summed E-state index contributed by atoms with van der Waals surface area (Å²) in [6.45, 7) is 5.75. The summed E-state index contributed by atoms with van der Waals surface area (Å²) in [7, 11) is 1.31. The number of allylic oxidation sites excluding steroid dienone is 3. The number of rotatable bonds is 4. The first-order valence-electron chi connectivity index (χ1n) is 12.4. The van der Waals surface area contributed by atoms with Crippen LogP contribution in [0.2, 0.25) is 0 Å². The lowest BCUT2D eigenvalue weighted by Gasteiger charge is -2.38. The van der Waals surface area contributed by atoms with Gasteiger partial charge < -0.3 is 14.8 Å². The Balaban J connectivity index is 1.78. The summed E-state index contributed by atoms with van der Waals surface area (Å²) in [5, 5.41) is 3.34. The number of ether oxygens (including phenoxy) is 2. The minimum atomic E-state index is -0.880. The standard InChI is InChI=1S/C28H35NO5/c1-16-11-9-10-14-20(16)24-23(28(32)34-19-12-7-5-6-8-13-19)18(3)29-21-15-17(2)22(27(31)33-4)26(30)25(21)24/h9-11,14,17,19,22,24,29H,5-8,12-13,15H2,1-4H3/t17-,22-,24+/m1/s1. The Labute approximate surface area is 201 Å². The van der Waals surface area contributed by atoms with Crippen LogP contribution in [0.3, 0.4) is 0 Å². The molecule has 0 amide bonds. The summed E-state index contributed by atoms with van der Waals surface area (Å²) < 4.78 is 11.0. The highest BCUT2D eigenvalue weighted by Gasteiger charge is 2.47. The number of dihydropyridines is 1. The molecule has 0 unspecified atom stereocenters. The van der Waals surface area contributed by atoms with E-state index in [-0.39, 0.29) is 23.8 Å². The summed E-state index contributed by atoms with van der Waals surface area (Å²) in [6.07, 6.45) is 6.62. The fourth-order valence-corrected chi connectivity index (χ4v) is 5.75. The molecule has 0 bridgehead atoms. The Morgan fingerprint density at radius 2 is 1.71 bits per heavy atom. The zero-order valence-electron chi connectivity index (χ0n) is 20.6. The number of Topliss-reactive ketones (excluding diaryl/α,β-unsaturated/α-hetero) is 1. The third-order valence-electron chi connectivity index (χ3n) is 7.54. The van der Waals surface area contributed by atoms with Crippen molar-refractivity contribution in [2.75, 3.05) is 7.11 Å². The number of esters is 2. The fraction of sp³-hybridized carbons (Fsp3) is 0.536. The van der Waals surface area contributed by atoms with Gasteiger partial charge in [0, 0.05) is 22.9 Å². The number of ketones is 1. The van der Waals surface area contributed by atoms with E-state index < -0.39 is 17.8 Å². The monoisotopic (exact) mass is 465 g/mol. The van der Waals surface area contributed by atoms with Gasteiger partial charge in [-0.1, -0.05) is 44.0 Å². The number of nitrogens with one attached hydrogen (secondary N) is 1. The molecule has 1 saturated carbocycles. The molecule has 6 nitrogen and oxygen atoms in total. The summed E-state index contributed by atoms with van der Waals surface area (Å²) in [5.41, 5.74) is 4.31. The van der Waals surface area contributed by atoms with E-state index in [9.17, 15) is 14.4 Å². The van der Waals surface area contributed by atoms with Crippen LogP contribution in [-0.4, -0.2) is 30.9 Å². The maximum absolute atomic E-state index is 13.8. The van der Waals surface area contributed by atoms with Crippen LogP contribution in [0.15, 0.2) is 46.8 Å². The van der Waals surface area contributed by atoms with E-state index in [1.807, 2.05) is 45.0 Å². The predicted molar refractivity (Wildman–Crippen MR) is 129 cm³/mol. The van der Waals surface area contributed by atoms with Crippen molar-refractivity contribution in [3.05, 3.63) is 57.9 Å². The van der Waals surface area contributed by atoms with Gasteiger partial charge in [-0.2, -0.15) is 0 Å². The molecule has 6 heteroatoms. The first-order chi connectivity index (χ1) is 16.3. The van der Waals surface area contributed by atoms with E-state index in [4.69, 9.17) is 9.47 Å². The number of hydrogen-bond donors (Lipinski definition) is 1. The molecular formula is C28H35NO5. The van der Waals surface area contributed by atoms with Crippen LogP contribution in [0.25, 0.3) is 0 Å². The lowest BCUT2D eigenvalue weighted by molar-refractivity contribution is -0.151. The minimum Gasteiger partial charge on any atom is -0.468 e. The third-order valence-corrected chi connectivity index (χ3v) is 7.54. The summed E-state index contributed by atoms with van der Waals surface area (Å²) in [4.78, 5) is 40.0. The Kier molecular flexibility index (Phi) is 7.24. The van der Waals surface area contributed by atoms with Crippen molar-refractivity contribution < 1.29 is 23.9 Å². The van der Waals surface area contributed by atoms with Crippen LogP contribution in [0.5, 0.6) is 0 Å². The normalized spacial score (nSPS) is 25.9. The van der Waals surface area contributed by atoms with Crippen molar-refractivity contribution >= 4 is 17.7 Å². The van der Waals surface area contributed by atoms with Crippen LogP contribution in [-0.2, 0) is 23.9 Å². The van der Waals surface area contributed by atoms with Crippen LogP contribution in [0.1, 0.15) is 75.8 Å². The number of benzene rings is 1. The molecule has 1 aliphatic heterocycles. The molecule has 4 rings (SSSR count). The maximum Gasteiger partial charge on any atom is 0.337 e. The Hall–Kier alpha value is -2.89. The lowest BCUT2D eigenvalue weighted by atomic mass is 9.68. The largest absolute Gasteiger partial charge is 0.468 e. The zero-order chi connectivity index (χ0) is 24.4. The van der Waals surface area contributed by atoms with E-state index in [0.717, 1.165) is 42.5 Å². The molecule has 0 spiro atoms. The smallest absolute Gasteiger partial charge is 0.337 e. The predicted octanol–water partition coefficient (Wildman–Crippen LogP) is 4.87. The zero-order valence-corrected chi connectivity index (χ0v) is 20.6. The van der Waals surface area contributed by atoms with Gasteiger partial charge in [-0.05, 0) is 63.0 Å². The van der Waals surface area contributed by atoms with Gasteiger partial charge in [0.2, 0.25) is 0 Å². The average molecular weight is 466 g/mol. The number of hydrogen-bond acceptors (Lipinski definition) is 6. The third kappa shape index (κ3) is 4.55. The van der Waals surface area contributed by atoms with E-state index in [0.29, 0.717) is 23.3 Å². The molecule has 1 N–H and O–H groups in total. The van der Waals surface area contributed by atoms with Crippen LogP contribution in [0.4, 0.5) is 0 Å². The Bertz CT molecular complexity index is 1040. The summed E-state index contributed by atoms with van der Waals surface area (Å²) >= 11 is 0. The van der Waals surface area contributed by atoms with Gasteiger partial charge in [0.1, 0.15) is 12.0 Å². The summed E-state index contributed by atoms with van der Waals surface area (Å²) in [6, 6.07) is 7.80. The van der Waals surface area contributed by atoms with Crippen LogP contribution < -0.4 is 5.32 Å². The topological polar surface area (TPSA) is 81.7 Å². The van der Waals surface area contributed by atoms with Crippen molar-refractivity contribution in [1.29, 1.82) is 0 Å². The molecule has 1 aromatic carbocycles. The van der Waals surface area contributed by atoms with E-state index in [1.54, 1.807) is 0 Å². The Morgan fingerprint density at radius 1 is 1.03 bits per heavy atom. The van der Waals surface area contributed by atoms with Crippen molar-refractivity contribution in [3.8, 4) is 0 Å². The fourth-order valence-electron chi connectivity index (χ4n) is 5.75. The molecule has 1 heterocycles. The average Bonchev–Trinajstić information content (AvgIpc) is 3.06. The van der Waals surface area contributed by atoms with Crippen molar-refractivity contribution in [1.82, 2.24) is 5.32 Å². The SMILES string of the molecule is COC(=O)[C@H]1C(=O)C2=C(C[C@H]1C)NC(C)=C(C(=O)OC1CCCCCC1)[C@@H]2c1ccccc1C. The molecule has 3 atom stereocenters. The summed E-state index contributed by atoms with van der Waals surface area (Å²) in [5.74, 6) is -2.83. The van der Waals surface area contributed by atoms with Gasteiger partial charge in [0.05, 0.1) is 12.7 Å². The quantitative estimate of drug-likeness (QED) is 0.388. The first-order valence-corrected chi connectivity index (χ1v) is 12.4. The van der Waals surface area contributed by atoms with Crippen molar-refractivity contribution in [3.63, 3.8) is 0 Å². The second-order valence-electron chi connectivity index (χ2n) is 9.91.